The lowest BCUT2D eigenvalue weighted by atomic mass is 9.80. The summed E-state index contributed by atoms with van der Waals surface area (Å²) < 4.78 is 0. The summed E-state index contributed by atoms with van der Waals surface area (Å²) in [5, 5.41) is 0. The molecule has 4 aromatic carbocycles. The third kappa shape index (κ3) is 5.05. The van der Waals surface area contributed by atoms with Gasteiger partial charge in [0.05, 0.1) is 0 Å². The summed E-state index contributed by atoms with van der Waals surface area (Å²) in [6, 6.07) is 40.7. The second-order valence-electron chi connectivity index (χ2n) is 9.13. The second kappa shape index (κ2) is 10.4. The van der Waals surface area contributed by atoms with Crippen LogP contribution in [0, 0.1) is 0 Å². The highest BCUT2D eigenvalue weighted by molar-refractivity contribution is 6.02. The first kappa shape index (κ1) is 22.0. The van der Waals surface area contributed by atoms with Gasteiger partial charge in [0.1, 0.15) is 0 Å². The number of anilines is 1. The second-order valence-corrected chi connectivity index (χ2v) is 9.13. The third-order valence-corrected chi connectivity index (χ3v) is 6.84. The normalized spacial score (nSPS) is 16.6. The van der Waals surface area contributed by atoms with Crippen molar-refractivity contribution in [3.05, 3.63) is 149 Å². The maximum atomic E-state index is 6.23. The fraction of sp³-hybridized carbons (Fsp3) is 0.152. The minimum atomic E-state index is 0.657. The van der Waals surface area contributed by atoms with E-state index in [0.717, 1.165) is 24.1 Å². The minimum absolute atomic E-state index is 0.657. The van der Waals surface area contributed by atoms with Crippen molar-refractivity contribution in [3.8, 4) is 0 Å². The number of hydrogen-bond donors (Lipinski definition) is 1. The molecule has 34 heavy (non-hydrogen) atoms. The van der Waals surface area contributed by atoms with Gasteiger partial charge in [-0.3, -0.25) is 0 Å². The summed E-state index contributed by atoms with van der Waals surface area (Å²) in [6.07, 6.45) is 7.14. The van der Waals surface area contributed by atoms with Gasteiger partial charge in [0, 0.05) is 5.69 Å². The Morgan fingerprint density at radius 2 is 1.18 bits per heavy atom. The lowest BCUT2D eigenvalue weighted by Gasteiger charge is -2.25. The van der Waals surface area contributed by atoms with Gasteiger partial charge in [0.2, 0.25) is 0 Å². The molecule has 0 saturated heterocycles. The zero-order chi connectivity index (χ0) is 23.2. The first-order valence-corrected chi connectivity index (χ1v) is 12.2. The van der Waals surface area contributed by atoms with Crippen molar-refractivity contribution in [3.63, 3.8) is 0 Å². The smallest absolute Gasteiger partial charge is 0.0320 e. The van der Waals surface area contributed by atoms with E-state index in [2.05, 4.69) is 115 Å². The fourth-order valence-electron chi connectivity index (χ4n) is 5.09. The average molecular weight is 442 g/mol. The van der Waals surface area contributed by atoms with E-state index in [1.54, 1.807) is 0 Å². The predicted octanol–water partition coefficient (Wildman–Crippen LogP) is 8.51. The number of hydrogen-bond acceptors (Lipinski definition) is 1. The topological polar surface area (TPSA) is 26.0 Å². The lowest BCUT2D eigenvalue weighted by molar-refractivity contribution is 0.517. The number of benzene rings is 4. The molecule has 0 aromatic heterocycles. The highest BCUT2D eigenvalue weighted by Crippen LogP contribution is 2.39. The van der Waals surface area contributed by atoms with Crippen molar-refractivity contribution in [1.82, 2.24) is 0 Å². The van der Waals surface area contributed by atoms with Crippen LogP contribution in [0.1, 0.15) is 53.9 Å². The van der Waals surface area contributed by atoms with Gasteiger partial charge >= 0.3 is 0 Å². The zero-order valence-electron chi connectivity index (χ0n) is 19.5. The zero-order valence-corrected chi connectivity index (χ0v) is 19.5. The molecule has 5 rings (SSSR count). The van der Waals surface area contributed by atoms with Crippen molar-refractivity contribution >= 4 is 16.8 Å². The van der Waals surface area contributed by atoms with Gasteiger partial charge < -0.3 is 5.73 Å². The van der Waals surface area contributed by atoms with Crippen molar-refractivity contribution in [2.75, 3.05) is 5.73 Å². The largest absolute Gasteiger partial charge is 0.399 e. The summed E-state index contributed by atoms with van der Waals surface area (Å²) in [6.45, 7) is 0. The first-order valence-electron chi connectivity index (χ1n) is 12.2. The number of rotatable bonds is 5. The molecular formula is C33H31N. The first-order chi connectivity index (χ1) is 16.8. The molecule has 2 N–H and O–H groups in total. The van der Waals surface area contributed by atoms with Crippen LogP contribution in [-0.2, 0) is 0 Å². The van der Waals surface area contributed by atoms with Gasteiger partial charge in [-0.2, -0.15) is 0 Å². The molecule has 0 atom stereocenters. The van der Waals surface area contributed by atoms with Gasteiger partial charge in [-0.25, -0.2) is 0 Å². The maximum absolute atomic E-state index is 6.23. The number of nitrogens with two attached hydrogens (primary N) is 1. The average Bonchev–Trinajstić information content (AvgIpc) is 2.90. The third-order valence-electron chi connectivity index (χ3n) is 6.84. The summed E-state index contributed by atoms with van der Waals surface area (Å²) in [5.41, 5.74) is 16.1. The molecule has 1 heteroatoms. The van der Waals surface area contributed by atoms with E-state index >= 15 is 0 Å². The van der Waals surface area contributed by atoms with Gasteiger partial charge in [0.25, 0.3) is 0 Å². The molecule has 0 radical (unpaired) electrons. The molecule has 0 amide bonds. The highest BCUT2D eigenvalue weighted by atomic mass is 14.5. The quantitative estimate of drug-likeness (QED) is 0.244. The van der Waals surface area contributed by atoms with Gasteiger partial charge in [0.15, 0.2) is 0 Å². The molecule has 1 fully saturated rings. The fourth-order valence-corrected chi connectivity index (χ4v) is 5.09. The molecule has 0 aliphatic heterocycles. The lowest BCUT2D eigenvalue weighted by Crippen LogP contribution is -2.07. The Kier molecular flexibility index (Phi) is 6.72. The van der Waals surface area contributed by atoms with Gasteiger partial charge in [-0.05, 0) is 77.1 Å². The summed E-state index contributed by atoms with van der Waals surface area (Å²) in [7, 11) is 0. The number of allylic oxidation sites excluding steroid dienone is 3. The Morgan fingerprint density at radius 1 is 0.618 bits per heavy atom. The molecule has 0 heterocycles. The molecule has 1 aliphatic carbocycles. The SMILES string of the molecule is Nc1cccc(/C(=C(\C=C2CCC(c3ccccc3)CC2)c2ccccc2)c2ccccc2)c1. The summed E-state index contributed by atoms with van der Waals surface area (Å²) in [5.74, 6) is 0.657. The van der Waals surface area contributed by atoms with Crippen molar-refractivity contribution < 1.29 is 0 Å². The molecule has 0 unspecified atom stereocenters. The van der Waals surface area contributed by atoms with Crippen molar-refractivity contribution in [2.24, 2.45) is 0 Å². The van der Waals surface area contributed by atoms with Crippen LogP contribution in [0.15, 0.2) is 127 Å². The van der Waals surface area contributed by atoms with Crippen LogP contribution in [0.4, 0.5) is 5.69 Å². The Morgan fingerprint density at radius 3 is 1.79 bits per heavy atom. The maximum Gasteiger partial charge on any atom is 0.0320 e. The van der Waals surface area contributed by atoms with E-state index in [-0.39, 0.29) is 0 Å². The van der Waals surface area contributed by atoms with E-state index < -0.39 is 0 Å². The van der Waals surface area contributed by atoms with Crippen LogP contribution in [0.3, 0.4) is 0 Å². The Bertz CT molecular complexity index is 1270. The van der Waals surface area contributed by atoms with E-state index in [9.17, 15) is 0 Å². The molecule has 4 aromatic rings. The van der Waals surface area contributed by atoms with E-state index in [4.69, 9.17) is 5.73 Å². The van der Waals surface area contributed by atoms with E-state index in [1.165, 1.54) is 46.3 Å². The standard InChI is InChI=1S/C33H31N/c34-31-18-10-17-30(24-31)33(29-15-8-3-9-16-29)32(28-13-6-2-7-14-28)23-25-19-21-27(22-20-25)26-11-4-1-5-12-26/h1-18,23-24,27H,19-22,34H2/b25-23?,33-32+. The molecule has 1 saturated carbocycles. The molecule has 168 valence electrons. The predicted molar refractivity (Wildman–Crippen MR) is 145 cm³/mol. The van der Waals surface area contributed by atoms with Crippen molar-refractivity contribution in [2.45, 2.75) is 31.6 Å². The van der Waals surface area contributed by atoms with Crippen LogP contribution < -0.4 is 5.73 Å². The molecule has 0 spiro atoms. The number of nitrogen functional groups attached to an aromatic ring is 1. The Balaban J connectivity index is 1.60. The van der Waals surface area contributed by atoms with Crippen molar-refractivity contribution in [1.29, 1.82) is 0 Å². The van der Waals surface area contributed by atoms with E-state index in [1.807, 2.05) is 6.07 Å². The Hall–Kier alpha value is -3.84. The molecule has 0 bridgehead atoms. The van der Waals surface area contributed by atoms with Crippen LogP contribution in [-0.4, -0.2) is 0 Å². The van der Waals surface area contributed by atoms with Crippen LogP contribution in [0.25, 0.3) is 11.1 Å². The van der Waals surface area contributed by atoms with Crippen LogP contribution in [0.5, 0.6) is 0 Å². The summed E-state index contributed by atoms with van der Waals surface area (Å²) in [4.78, 5) is 0. The van der Waals surface area contributed by atoms with Gasteiger partial charge in [-0.1, -0.05) is 115 Å². The van der Waals surface area contributed by atoms with Gasteiger partial charge in [-0.15, -0.1) is 0 Å². The molecule has 1 nitrogen and oxygen atoms in total. The monoisotopic (exact) mass is 441 g/mol. The summed E-state index contributed by atoms with van der Waals surface area (Å²) >= 11 is 0. The van der Waals surface area contributed by atoms with Crippen LogP contribution in [0.2, 0.25) is 0 Å². The Labute approximate surface area is 203 Å². The highest BCUT2D eigenvalue weighted by Gasteiger charge is 2.20. The molecular weight excluding hydrogens is 410 g/mol. The van der Waals surface area contributed by atoms with E-state index in [0.29, 0.717) is 5.92 Å². The van der Waals surface area contributed by atoms with Crippen LogP contribution >= 0.6 is 0 Å². The minimum Gasteiger partial charge on any atom is -0.399 e. The molecule has 1 aliphatic rings.